The molecule has 0 atom stereocenters. The predicted molar refractivity (Wildman–Crippen MR) is 83.7 cm³/mol. The monoisotopic (exact) mass is 354 g/mol. The molecule has 1 aliphatic heterocycles. The number of halogens is 3. The third-order valence-corrected chi connectivity index (χ3v) is 3.94. The number of aromatic nitrogens is 2. The van der Waals surface area contributed by atoms with E-state index in [1.54, 1.807) is 19.2 Å². The first-order chi connectivity index (χ1) is 12.0. The average Bonchev–Trinajstić information content (AvgIpc) is 3.08. The van der Waals surface area contributed by atoms with Crippen LogP contribution in [-0.4, -0.2) is 41.0 Å². The van der Waals surface area contributed by atoms with Crippen LogP contribution >= 0.6 is 0 Å². The van der Waals surface area contributed by atoms with Gasteiger partial charge in [0.2, 0.25) is 5.82 Å². The molecule has 1 aromatic carbocycles. The van der Waals surface area contributed by atoms with Gasteiger partial charge in [-0.3, -0.25) is 4.90 Å². The van der Waals surface area contributed by atoms with Crippen molar-refractivity contribution >= 4 is 5.71 Å². The van der Waals surface area contributed by atoms with Crippen LogP contribution in [0, 0.1) is 0 Å². The van der Waals surface area contributed by atoms with Gasteiger partial charge in [0.05, 0.1) is 5.71 Å². The van der Waals surface area contributed by atoms with Crippen molar-refractivity contribution < 1.29 is 22.5 Å². The summed E-state index contributed by atoms with van der Waals surface area (Å²) >= 11 is 0. The third kappa shape index (κ3) is 4.36. The highest BCUT2D eigenvalue weighted by Crippen LogP contribution is 2.29. The summed E-state index contributed by atoms with van der Waals surface area (Å²) in [6, 6.07) is 7.11. The Labute approximate surface area is 142 Å². The molecule has 0 unspecified atom stereocenters. The van der Waals surface area contributed by atoms with Gasteiger partial charge in [-0.1, -0.05) is 34.6 Å². The summed E-state index contributed by atoms with van der Waals surface area (Å²) in [5.74, 6) is -1.41. The number of nitrogens with zero attached hydrogens (tertiary/aromatic N) is 4. The highest BCUT2D eigenvalue weighted by atomic mass is 19.4. The van der Waals surface area contributed by atoms with Gasteiger partial charge in [0.25, 0.3) is 0 Å². The van der Waals surface area contributed by atoms with Crippen molar-refractivity contribution in [3.05, 3.63) is 35.7 Å². The zero-order valence-electron chi connectivity index (χ0n) is 13.6. The van der Waals surface area contributed by atoms with Crippen molar-refractivity contribution in [3.63, 3.8) is 0 Å². The summed E-state index contributed by atoms with van der Waals surface area (Å²) in [6.45, 7) is 2.55. The Kier molecular flexibility index (Phi) is 5.03. The summed E-state index contributed by atoms with van der Waals surface area (Å²) in [4.78, 5) is 10.5. The summed E-state index contributed by atoms with van der Waals surface area (Å²) < 4.78 is 41.7. The molecule has 134 valence electrons. The number of hydrogen-bond donors (Lipinski definition) is 0. The lowest BCUT2D eigenvalue weighted by molar-refractivity contribution is -0.159. The summed E-state index contributed by atoms with van der Waals surface area (Å²) in [5, 5.41) is 7.36. The topological polar surface area (TPSA) is 63.8 Å². The molecule has 25 heavy (non-hydrogen) atoms. The maximum absolute atomic E-state index is 12.5. The first kappa shape index (κ1) is 17.4. The lowest BCUT2D eigenvalue weighted by Crippen LogP contribution is -2.33. The van der Waals surface area contributed by atoms with Crippen molar-refractivity contribution in [2.45, 2.75) is 25.6 Å². The third-order valence-electron chi connectivity index (χ3n) is 3.94. The van der Waals surface area contributed by atoms with E-state index in [0.717, 1.165) is 43.8 Å². The number of oxime groups is 1. The van der Waals surface area contributed by atoms with E-state index in [0.29, 0.717) is 5.56 Å². The van der Waals surface area contributed by atoms with Gasteiger partial charge in [0, 0.05) is 38.0 Å². The minimum absolute atomic E-state index is 0.0720. The molecule has 0 aliphatic carbocycles. The van der Waals surface area contributed by atoms with E-state index in [1.165, 1.54) is 0 Å². The summed E-state index contributed by atoms with van der Waals surface area (Å²) in [7, 11) is 1.54. The van der Waals surface area contributed by atoms with Gasteiger partial charge in [-0.2, -0.15) is 18.2 Å². The van der Waals surface area contributed by atoms with E-state index < -0.39 is 12.1 Å². The van der Waals surface area contributed by atoms with E-state index in [2.05, 4.69) is 24.7 Å². The van der Waals surface area contributed by atoms with Gasteiger partial charge in [0.15, 0.2) is 0 Å². The van der Waals surface area contributed by atoms with E-state index >= 15 is 0 Å². The Bertz CT molecular complexity index is 731. The number of rotatable bonds is 4. The second kappa shape index (κ2) is 7.22. The van der Waals surface area contributed by atoms with Crippen LogP contribution in [-0.2, 0) is 17.6 Å². The highest BCUT2D eigenvalue weighted by Gasteiger charge is 2.38. The molecule has 0 bridgehead atoms. The van der Waals surface area contributed by atoms with Crippen LogP contribution in [0.2, 0.25) is 0 Å². The molecule has 3 rings (SSSR count). The molecule has 0 radical (unpaired) electrons. The minimum Gasteiger partial charge on any atom is -0.399 e. The molecule has 6 nitrogen and oxygen atoms in total. The second-order valence-corrected chi connectivity index (χ2v) is 5.73. The van der Waals surface area contributed by atoms with Crippen LogP contribution in [0.1, 0.15) is 24.3 Å². The molecular formula is C16H17F3N4O2. The molecule has 1 fully saturated rings. The van der Waals surface area contributed by atoms with Crippen molar-refractivity contribution in [3.8, 4) is 11.4 Å². The largest absolute Gasteiger partial charge is 0.471 e. The summed E-state index contributed by atoms with van der Waals surface area (Å²) in [6.07, 6.45) is -2.89. The van der Waals surface area contributed by atoms with Crippen molar-refractivity contribution in [2.75, 3.05) is 20.2 Å². The number of piperidine rings is 1. The van der Waals surface area contributed by atoms with Crippen molar-refractivity contribution in [1.29, 1.82) is 0 Å². The lowest BCUT2D eigenvalue weighted by atomic mass is 10.1. The molecule has 0 spiro atoms. The van der Waals surface area contributed by atoms with Crippen LogP contribution in [0.4, 0.5) is 13.2 Å². The number of alkyl halides is 3. The van der Waals surface area contributed by atoms with Crippen molar-refractivity contribution in [2.24, 2.45) is 5.16 Å². The van der Waals surface area contributed by atoms with Crippen molar-refractivity contribution in [1.82, 2.24) is 15.0 Å². The fourth-order valence-electron chi connectivity index (χ4n) is 2.66. The quantitative estimate of drug-likeness (QED) is 0.788. The predicted octanol–water partition coefficient (Wildman–Crippen LogP) is 3.35. The van der Waals surface area contributed by atoms with Gasteiger partial charge < -0.3 is 9.36 Å². The van der Waals surface area contributed by atoms with Gasteiger partial charge >= 0.3 is 12.1 Å². The molecule has 1 saturated heterocycles. The standard InChI is InChI=1S/C16H17F3N4O2/c1-24-21-13-6-8-23(9-7-13)10-11-2-4-12(5-3-11)14-20-15(25-22-14)16(17,18)19/h2-5H,6-10H2,1H3. The molecule has 0 amide bonds. The molecule has 1 aliphatic rings. The van der Waals surface area contributed by atoms with Crippen LogP contribution in [0.3, 0.4) is 0 Å². The maximum atomic E-state index is 12.5. The Morgan fingerprint density at radius 2 is 1.88 bits per heavy atom. The van der Waals surface area contributed by atoms with Crippen LogP contribution in [0.5, 0.6) is 0 Å². The van der Waals surface area contributed by atoms with E-state index in [4.69, 9.17) is 4.84 Å². The maximum Gasteiger partial charge on any atom is 0.471 e. The fourth-order valence-corrected chi connectivity index (χ4v) is 2.66. The van der Waals surface area contributed by atoms with Gasteiger partial charge in [0.1, 0.15) is 7.11 Å². The molecule has 0 saturated carbocycles. The molecule has 1 aromatic heterocycles. The summed E-state index contributed by atoms with van der Waals surface area (Å²) in [5.41, 5.74) is 2.61. The lowest BCUT2D eigenvalue weighted by Gasteiger charge is -2.27. The van der Waals surface area contributed by atoms with Crippen LogP contribution in [0.25, 0.3) is 11.4 Å². The van der Waals surface area contributed by atoms with Gasteiger partial charge in [-0.05, 0) is 5.56 Å². The number of benzene rings is 1. The molecular weight excluding hydrogens is 337 g/mol. The van der Waals surface area contributed by atoms with Gasteiger partial charge in [-0.25, -0.2) is 0 Å². The number of likely N-dealkylation sites (tertiary alicyclic amines) is 1. The average molecular weight is 354 g/mol. The van der Waals surface area contributed by atoms with E-state index in [9.17, 15) is 13.2 Å². The second-order valence-electron chi connectivity index (χ2n) is 5.73. The Morgan fingerprint density at radius 1 is 1.20 bits per heavy atom. The molecule has 2 heterocycles. The SMILES string of the molecule is CON=C1CCN(Cc2ccc(-c3noc(C(F)(F)F)n3)cc2)CC1. The minimum atomic E-state index is -4.63. The number of hydrogen-bond acceptors (Lipinski definition) is 6. The Balaban J connectivity index is 1.61. The zero-order valence-corrected chi connectivity index (χ0v) is 13.6. The smallest absolute Gasteiger partial charge is 0.399 e. The van der Waals surface area contributed by atoms with E-state index in [-0.39, 0.29) is 5.82 Å². The van der Waals surface area contributed by atoms with Crippen LogP contribution in [0.15, 0.2) is 33.9 Å². The first-order valence-electron chi connectivity index (χ1n) is 7.77. The normalized spacial score (nSPS) is 16.1. The van der Waals surface area contributed by atoms with E-state index in [1.807, 2.05) is 12.1 Å². The Hall–Kier alpha value is -2.42. The zero-order chi connectivity index (χ0) is 17.9. The molecule has 9 heteroatoms. The highest BCUT2D eigenvalue weighted by molar-refractivity contribution is 5.84. The Morgan fingerprint density at radius 3 is 2.44 bits per heavy atom. The van der Waals surface area contributed by atoms with Gasteiger partial charge in [-0.15, -0.1) is 0 Å². The molecule has 0 N–H and O–H groups in total. The van der Waals surface area contributed by atoms with Crippen LogP contribution < -0.4 is 0 Å². The first-order valence-corrected chi connectivity index (χ1v) is 7.77. The fraction of sp³-hybridized carbons (Fsp3) is 0.438. The molecule has 2 aromatic rings.